The van der Waals surface area contributed by atoms with Gasteiger partial charge in [0.1, 0.15) is 0 Å². The number of carbonyl (C=O) groups is 2. The van der Waals surface area contributed by atoms with E-state index in [0.717, 1.165) is 0 Å². The van der Waals surface area contributed by atoms with E-state index in [1.165, 1.54) is 0 Å². The summed E-state index contributed by atoms with van der Waals surface area (Å²) in [6.07, 6.45) is 0. The third-order valence-corrected chi connectivity index (χ3v) is 0.326. The molecule has 6 N–H and O–H groups in total. The second-order valence-electron chi connectivity index (χ2n) is 1.10. The van der Waals surface area contributed by atoms with Crippen molar-refractivity contribution in [3.05, 3.63) is 0 Å². The molecule has 0 aromatic heterocycles. The van der Waals surface area contributed by atoms with Crippen molar-refractivity contribution in [3.8, 4) is 0 Å². The first-order valence-electron chi connectivity index (χ1n) is 2.06. The second-order valence-corrected chi connectivity index (χ2v) is 1.10. The van der Waals surface area contributed by atoms with Gasteiger partial charge in [0.25, 0.3) is 0 Å². The van der Waals surface area contributed by atoms with E-state index in [4.69, 9.17) is 0 Å². The first kappa shape index (κ1) is 18.3. The predicted molar refractivity (Wildman–Crippen MR) is 41.9 cm³/mol. The van der Waals surface area contributed by atoms with Gasteiger partial charge in [-0.1, -0.05) is 9.98 Å². The molecule has 62 valence electrons. The first-order chi connectivity index (χ1) is 4.63. The molecule has 8 nitrogen and oxygen atoms in total. The zero-order valence-electron chi connectivity index (χ0n) is 4.79. The Morgan fingerprint density at radius 3 is 1.33 bits per heavy atom. The van der Waals surface area contributed by atoms with E-state index in [9.17, 15) is 9.59 Å². The molecule has 0 aliphatic rings. The SMILES string of the molecule is NC(=O)NOONC(N)=O.[NaH].[NaH]. The molecule has 0 unspecified atom stereocenters. The Balaban J connectivity index is -0.000000405. The van der Waals surface area contributed by atoms with E-state index in [1.54, 1.807) is 11.0 Å². The molecule has 0 heterocycles. The predicted octanol–water partition coefficient (Wildman–Crippen LogP) is -3.20. The quantitative estimate of drug-likeness (QED) is 0.165. The van der Waals surface area contributed by atoms with Gasteiger partial charge in [-0.2, -0.15) is 11.0 Å². The normalized spacial score (nSPS) is 7.00. The summed E-state index contributed by atoms with van der Waals surface area (Å²) in [5.74, 6) is 0. The van der Waals surface area contributed by atoms with E-state index < -0.39 is 12.1 Å². The number of nitrogens with two attached hydrogens (primary N) is 2. The topological polar surface area (TPSA) is 129 Å². The molecule has 0 bridgehead atoms. The molecular weight excluding hydrogens is 190 g/mol. The Hall–Kier alpha value is 0.460. The summed E-state index contributed by atoms with van der Waals surface area (Å²) in [5.41, 5.74) is 12.1. The van der Waals surface area contributed by atoms with Crippen LogP contribution >= 0.6 is 0 Å². The van der Waals surface area contributed by atoms with Crippen LogP contribution in [-0.2, 0) is 9.98 Å². The summed E-state index contributed by atoms with van der Waals surface area (Å²) < 4.78 is 0. The monoisotopic (exact) mass is 198 g/mol. The maximum absolute atomic E-state index is 9.81. The van der Waals surface area contributed by atoms with Crippen molar-refractivity contribution in [2.24, 2.45) is 11.5 Å². The molecule has 0 aromatic carbocycles. The van der Waals surface area contributed by atoms with Crippen molar-refractivity contribution in [1.82, 2.24) is 11.0 Å². The summed E-state index contributed by atoms with van der Waals surface area (Å²) in [7, 11) is 0. The molecule has 0 radical (unpaired) electrons. The fourth-order valence-corrected chi connectivity index (χ4v) is 0.124. The number of rotatable bonds is 3. The maximum atomic E-state index is 9.81. The number of carbonyl (C=O) groups excluding carboxylic acids is 2. The summed E-state index contributed by atoms with van der Waals surface area (Å²) in [6.45, 7) is 0. The number of hydrogen-bond donors (Lipinski definition) is 4. The molecule has 0 aromatic rings. The van der Waals surface area contributed by atoms with E-state index in [-0.39, 0.29) is 59.1 Å². The van der Waals surface area contributed by atoms with Crippen LogP contribution in [0, 0.1) is 0 Å². The van der Waals surface area contributed by atoms with Crippen molar-refractivity contribution in [2.75, 3.05) is 0 Å². The molecule has 12 heavy (non-hydrogen) atoms. The second kappa shape index (κ2) is 11.5. The summed E-state index contributed by atoms with van der Waals surface area (Å²) in [4.78, 5) is 27.2. The minimum atomic E-state index is -0.966. The van der Waals surface area contributed by atoms with Crippen molar-refractivity contribution < 1.29 is 19.6 Å². The Morgan fingerprint density at radius 2 is 1.17 bits per heavy atom. The number of amides is 4. The molecule has 0 saturated carbocycles. The first-order valence-corrected chi connectivity index (χ1v) is 2.06. The molecule has 0 fully saturated rings. The third-order valence-electron chi connectivity index (χ3n) is 0.326. The molecule has 0 atom stereocenters. The average Bonchev–Trinajstić information content (AvgIpc) is 1.79. The van der Waals surface area contributed by atoms with Gasteiger partial charge in [0, 0.05) is 0 Å². The van der Waals surface area contributed by atoms with Gasteiger partial charge in [-0.15, -0.1) is 0 Å². The summed E-state index contributed by atoms with van der Waals surface area (Å²) in [6, 6.07) is -1.93. The van der Waals surface area contributed by atoms with Crippen molar-refractivity contribution >= 4 is 71.2 Å². The van der Waals surface area contributed by atoms with Gasteiger partial charge >= 0.3 is 71.2 Å². The Morgan fingerprint density at radius 1 is 0.917 bits per heavy atom. The van der Waals surface area contributed by atoms with Crippen LogP contribution in [0.4, 0.5) is 9.59 Å². The molecule has 10 heteroatoms. The van der Waals surface area contributed by atoms with Gasteiger partial charge < -0.3 is 11.5 Å². The van der Waals surface area contributed by atoms with Crippen molar-refractivity contribution in [3.63, 3.8) is 0 Å². The Kier molecular flexibility index (Phi) is 17.5. The van der Waals surface area contributed by atoms with Crippen LogP contribution in [0.5, 0.6) is 0 Å². The van der Waals surface area contributed by atoms with Crippen molar-refractivity contribution in [2.45, 2.75) is 0 Å². The standard InChI is InChI=1S/C2H6N4O4.2Na.2H/c3-1(7)5-9-10-6-2(4)8;;;;/h(H3,3,5,7)(H3,4,6,8);;;;. The zero-order chi connectivity index (χ0) is 7.98. The number of urea groups is 2. The molecular formula is C2H8N4Na2O4. The van der Waals surface area contributed by atoms with Crippen LogP contribution < -0.4 is 22.4 Å². The van der Waals surface area contributed by atoms with Gasteiger partial charge in [0.05, 0.1) is 0 Å². The van der Waals surface area contributed by atoms with Gasteiger partial charge in [-0.05, 0) is 0 Å². The Labute approximate surface area is 112 Å². The molecule has 0 aliphatic carbocycles. The molecule has 0 rings (SSSR count). The van der Waals surface area contributed by atoms with E-state index >= 15 is 0 Å². The van der Waals surface area contributed by atoms with Crippen LogP contribution in [0.1, 0.15) is 0 Å². The van der Waals surface area contributed by atoms with Gasteiger partial charge in [0.2, 0.25) is 0 Å². The molecule has 0 spiro atoms. The van der Waals surface area contributed by atoms with Crippen LogP contribution in [0.3, 0.4) is 0 Å². The molecule has 4 amide bonds. The minimum absolute atomic E-state index is 0. The average molecular weight is 198 g/mol. The van der Waals surface area contributed by atoms with Crippen LogP contribution in [0.25, 0.3) is 0 Å². The Bertz CT molecular complexity index is 127. The number of primary amides is 2. The van der Waals surface area contributed by atoms with E-state index in [1.807, 2.05) is 0 Å². The molecule has 0 aliphatic heterocycles. The summed E-state index contributed by atoms with van der Waals surface area (Å²) >= 11 is 0. The van der Waals surface area contributed by atoms with Gasteiger partial charge in [-0.3, -0.25) is 0 Å². The fourth-order valence-electron chi connectivity index (χ4n) is 0.124. The number of hydroxylamine groups is 2. The van der Waals surface area contributed by atoms with Gasteiger partial charge in [-0.25, -0.2) is 9.59 Å². The zero-order valence-corrected chi connectivity index (χ0v) is 4.79. The van der Waals surface area contributed by atoms with E-state index in [0.29, 0.717) is 0 Å². The molecule has 0 saturated heterocycles. The number of nitrogens with one attached hydrogen (secondary N) is 2. The summed E-state index contributed by atoms with van der Waals surface area (Å²) in [5, 5.41) is 0. The van der Waals surface area contributed by atoms with Crippen LogP contribution in [-0.4, -0.2) is 71.2 Å². The third kappa shape index (κ3) is 16.8. The van der Waals surface area contributed by atoms with E-state index in [2.05, 4.69) is 21.4 Å². The van der Waals surface area contributed by atoms with Crippen LogP contribution in [0.2, 0.25) is 0 Å². The van der Waals surface area contributed by atoms with Crippen LogP contribution in [0.15, 0.2) is 0 Å². The van der Waals surface area contributed by atoms with Gasteiger partial charge in [0.15, 0.2) is 0 Å². The number of hydrogen-bond acceptors (Lipinski definition) is 4. The van der Waals surface area contributed by atoms with Crippen molar-refractivity contribution in [1.29, 1.82) is 0 Å². The fraction of sp³-hybridized carbons (Fsp3) is 0.